The molecule has 3 aromatic rings. The van der Waals surface area contributed by atoms with Crippen molar-refractivity contribution in [3.05, 3.63) is 58.0 Å². The minimum Gasteiger partial charge on any atom is -0.383 e. The van der Waals surface area contributed by atoms with Gasteiger partial charge in [-0.3, -0.25) is 9.48 Å². The van der Waals surface area contributed by atoms with Crippen molar-refractivity contribution >= 4 is 17.5 Å². The Balaban J connectivity index is 1.65. The van der Waals surface area contributed by atoms with Gasteiger partial charge < -0.3 is 9.64 Å². The number of amides is 1. The van der Waals surface area contributed by atoms with Gasteiger partial charge in [0.05, 0.1) is 41.0 Å². The Kier molecular flexibility index (Phi) is 6.19. The first-order chi connectivity index (χ1) is 15.6. The van der Waals surface area contributed by atoms with Crippen LogP contribution in [0.4, 0.5) is 13.2 Å². The molecule has 33 heavy (non-hydrogen) atoms. The topological polar surface area (TPSA) is 78.1 Å². The third kappa shape index (κ3) is 4.22. The van der Waals surface area contributed by atoms with Crippen molar-refractivity contribution in [2.24, 2.45) is 0 Å². The second-order valence-electron chi connectivity index (χ2n) is 7.90. The molecule has 0 bridgehead atoms. The van der Waals surface area contributed by atoms with Crippen molar-refractivity contribution in [1.29, 1.82) is 0 Å². The molecule has 0 spiro atoms. The van der Waals surface area contributed by atoms with Crippen LogP contribution >= 0.6 is 11.6 Å². The quantitative estimate of drug-likeness (QED) is 0.547. The second-order valence-corrected chi connectivity index (χ2v) is 8.28. The second kappa shape index (κ2) is 8.79. The maximum Gasteiger partial charge on any atom is 0.417 e. The number of hydrogen-bond acceptors (Lipinski definition) is 5. The van der Waals surface area contributed by atoms with Gasteiger partial charge in [-0.2, -0.15) is 23.0 Å². The van der Waals surface area contributed by atoms with Crippen LogP contribution in [0.1, 0.15) is 53.1 Å². The number of aromatic nitrogens is 5. The number of carbonyl (C=O) groups excluding carboxylic acids is 1. The van der Waals surface area contributed by atoms with E-state index in [0.717, 1.165) is 11.8 Å². The van der Waals surface area contributed by atoms with E-state index in [1.165, 1.54) is 17.0 Å². The fourth-order valence-corrected chi connectivity index (χ4v) is 4.33. The summed E-state index contributed by atoms with van der Waals surface area (Å²) in [5.41, 5.74) is 0.136. The first-order valence-electron chi connectivity index (χ1n) is 10.3. The summed E-state index contributed by atoms with van der Waals surface area (Å²) in [7, 11) is 1.61. The lowest BCUT2D eigenvalue weighted by atomic mass is 9.94. The standard InChI is InChI=1S/C21H22ClF3N6O2/c1-12-11-30(20(32)14-5-4-6-15(17(14)22)21(23,24)25)13(2)18-19(12)31(28-26-18)16-7-8-29(27-16)9-10-33-3/h4-8,12-13H,9-11H2,1-3H3/t12?,13-/m1/s1. The zero-order valence-corrected chi connectivity index (χ0v) is 18.9. The third-order valence-electron chi connectivity index (χ3n) is 5.70. The van der Waals surface area contributed by atoms with Crippen molar-refractivity contribution in [3.63, 3.8) is 0 Å². The van der Waals surface area contributed by atoms with Gasteiger partial charge in [0.2, 0.25) is 0 Å². The van der Waals surface area contributed by atoms with E-state index in [0.29, 0.717) is 24.7 Å². The molecule has 0 fully saturated rings. The van der Waals surface area contributed by atoms with Crippen LogP contribution in [0.2, 0.25) is 5.02 Å². The van der Waals surface area contributed by atoms with Gasteiger partial charge in [0, 0.05) is 31.8 Å². The molecular formula is C21H22ClF3N6O2. The van der Waals surface area contributed by atoms with E-state index in [4.69, 9.17) is 16.3 Å². The summed E-state index contributed by atoms with van der Waals surface area (Å²) >= 11 is 6.00. The summed E-state index contributed by atoms with van der Waals surface area (Å²) in [6.07, 6.45) is -2.85. The minimum absolute atomic E-state index is 0.191. The predicted octanol–water partition coefficient (Wildman–Crippen LogP) is 4.10. The Morgan fingerprint density at radius 1 is 1.27 bits per heavy atom. The van der Waals surface area contributed by atoms with Gasteiger partial charge in [0.15, 0.2) is 5.82 Å². The Bertz CT molecular complexity index is 1180. The SMILES string of the molecule is COCCn1ccc(-n2nnc3c2C(C)CN(C(=O)c2cccc(C(F)(F)F)c2Cl)[C@@H]3C)n1. The van der Waals surface area contributed by atoms with Crippen molar-refractivity contribution in [2.75, 3.05) is 20.3 Å². The van der Waals surface area contributed by atoms with E-state index in [9.17, 15) is 18.0 Å². The van der Waals surface area contributed by atoms with Crippen molar-refractivity contribution in [1.82, 2.24) is 29.7 Å². The third-order valence-corrected chi connectivity index (χ3v) is 6.10. The van der Waals surface area contributed by atoms with E-state index < -0.39 is 28.7 Å². The molecule has 1 unspecified atom stereocenters. The number of halogens is 4. The molecule has 8 nitrogen and oxygen atoms in total. The van der Waals surface area contributed by atoms with Gasteiger partial charge in [-0.25, -0.2) is 0 Å². The smallest absolute Gasteiger partial charge is 0.383 e. The van der Waals surface area contributed by atoms with Crippen LogP contribution in [0, 0.1) is 0 Å². The number of ether oxygens (including phenoxy) is 1. The van der Waals surface area contributed by atoms with Crippen LogP contribution in [-0.2, 0) is 17.5 Å². The number of benzene rings is 1. The van der Waals surface area contributed by atoms with Crippen molar-refractivity contribution in [3.8, 4) is 5.82 Å². The molecule has 0 saturated heterocycles. The number of fused-ring (bicyclic) bond motifs is 1. The van der Waals surface area contributed by atoms with Crippen LogP contribution in [0.5, 0.6) is 0 Å². The molecule has 0 radical (unpaired) electrons. The maximum absolute atomic E-state index is 13.3. The zero-order valence-electron chi connectivity index (χ0n) is 18.2. The van der Waals surface area contributed by atoms with Crippen molar-refractivity contribution < 1.29 is 22.7 Å². The Morgan fingerprint density at radius 3 is 2.73 bits per heavy atom. The van der Waals surface area contributed by atoms with Crippen LogP contribution in [0.3, 0.4) is 0 Å². The molecular weight excluding hydrogens is 461 g/mol. The predicted molar refractivity (Wildman–Crippen MR) is 113 cm³/mol. The largest absolute Gasteiger partial charge is 0.417 e. The summed E-state index contributed by atoms with van der Waals surface area (Å²) in [5.74, 6) is -0.196. The Morgan fingerprint density at radius 2 is 2.03 bits per heavy atom. The molecule has 12 heteroatoms. The molecule has 0 saturated carbocycles. The summed E-state index contributed by atoms with van der Waals surface area (Å²) in [6.45, 7) is 5.02. The van der Waals surface area contributed by atoms with Crippen LogP contribution in [-0.4, -0.2) is 55.8 Å². The minimum atomic E-state index is -4.66. The maximum atomic E-state index is 13.3. The van der Waals surface area contributed by atoms with Crippen molar-refractivity contribution in [2.45, 2.75) is 38.5 Å². The fourth-order valence-electron chi connectivity index (χ4n) is 4.02. The molecule has 1 amide bonds. The summed E-state index contributed by atoms with van der Waals surface area (Å²) in [4.78, 5) is 14.7. The van der Waals surface area contributed by atoms with E-state index in [2.05, 4.69) is 15.4 Å². The molecule has 1 aromatic carbocycles. The highest BCUT2D eigenvalue weighted by molar-refractivity contribution is 6.34. The number of methoxy groups -OCH3 is 1. The molecule has 0 N–H and O–H groups in total. The highest BCUT2D eigenvalue weighted by Crippen LogP contribution is 2.39. The lowest BCUT2D eigenvalue weighted by Crippen LogP contribution is -2.41. The summed E-state index contributed by atoms with van der Waals surface area (Å²) in [6, 6.07) is 4.63. The Labute approximate surface area is 192 Å². The van der Waals surface area contributed by atoms with E-state index in [1.54, 1.807) is 23.4 Å². The van der Waals surface area contributed by atoms with E-state index >= 15 is 0 Å². The molecule has 1 aliphatic heterocycles. The highest BCUT2D eigenvalue weighted by Gasteiger charge is 2.39. The van der Waals surface area contributed by atoms with Gasteiger partial charge in [0.1, 0.15) is 5.69 Å². The number of alkyl halides is 3. The van der Waals surface area contributed by atoms with E-state index in [1.807, 2.05) is 19.2 Å². The first-order valence-corrected chi connectivity index (χ1v) is 10.7. The molecule has 2 atom stereocenters. The molecule has 176 valence electrons. The molecule has 3 heterocycles. The van der Waals surface area contributed by atoms with Crippen LogP contribution < -0.4 is 0 Å². The number of nitrogens with zero attached hydrogens (tertiary/aromatic N) is 6. The molecule has 2 aromatic heterocycles. The summed E-state index contributed by atoms with van der Waals surface area (Å²) < 4.78 is 48.2. The lowest BCUT2D eigenvalue weighted by molar-refractivity contribution is -0.137. The first kappa shape index (κ1) is 23.2. The highest BCUT2D eigenvalue weighted by atomic mass is 35.5. The Hall–Kier alpha value is -2.92. The molecule has 4 rings (SSSR count). The number of hydrogen-bond donors (Lipinski definition) is 0. The van der Waals surface area contributed by atoms with Gasteiger partial charge in [-0.1, -0.05) is 29.8 Å². The molecule has 1 aliphatic rings. The monoisotopic (exact) mass is 482 g/mol. The van der Waals surface area contributed by atoms with Gasteiger partial charge in [0.25, 0.3) is 5.91 Å². The average molecular weight is 483 g/mol. The van der Waals surface area contributed by atoms with Gasteiger partial charge >= 0.3 is 6.18 Å². The van der Waals surface area contributed by atoms with Gasteiger partial charge in [-0.05, 0) is 19.1 Å². The average Bonchev–Trinajstić information content (AvgIpc) is 3.41. The van der Waals surface area contributed by atoms with Crippen LogP contribution in [0.15, 0.2) is 30.5 Å². The summed E-state index contributed by atoms with van der Waals surface area (Å²) in [5, 5.41) is 12.4. The van der Waals surface area contributed by atoms with Gasteiger partial charge in [-0.15, -0.1) is 5.10 Å². The molecule has 0 aliphatic carbocycles. The lowest BCUT2D eigenvalue weighted by Gasteiger charge is -2.36. The number of carbonyl (C=O) groups is 1. The zero-order chi connectivity index (χ0) is 23.9. The normalized spacial score (nSPS) is 18.5. The fraction of sp³-hybridized carbons (Fsp3) is 0.429. The van der Waals surface area contributed by atoms with E-state index in [-0.39, 0.29) is 18.0 Å². The number of rotatable bonds is 5. The van der Waals surface area contributed by atoms with Crippen LogP contribution in [0.25, 0.3) is 5.82 Å².